The number of anilines is 1. The van der Waals surface area contributed by atoms with E-state index in [9.17, 15) is 18.0 Å². The molecule has 1 fully saturated rings. The lowest BCUT2D eigenvalue weighted by atomic mass is 9.98. The quantitative estimate of drug-likeness (QED) is 0.837. The largest absolute Gasteiger partial charge is 0.478 e. The molecule has 1 saturated heterocycles. The van der Waals surface area contributed by atoms with E-state index >= 15 is 0 Å². The van der Waals surface area contributed by atoms with Gasteiger partial charge in [0.2, 0.25) is 15.9 Å². The third kappa shape index (κ3) is 4.12. The van der Waals surface area contributed by atoms with E-state index in [-0.39, 0.29) is 23.8 Å². The van der Waals surface area contributed by atoms with Gasteiger partial charge in [0.1, 0.15) is 0 Å². The Morgan fingerprint density at radius 1 is 1.38 bits per heavy atom. The normalized spacial score (nSPS) is 19.0. The monoisotopic (exact) mass is 354 g/mol. The zero-order valence-corrected chi connectivity index (χ0v) is 14.6. The van der Waals surface area contributed by atoms with Gasteiger partial charge in [-0.15, -0.1) is 0 Å². The standard InChI is InChI=1S/C16H22N2O5S/c1-3-24(22,23)18-8-4-5-12(10-18)15(19)17-13-7-6-11(2)14(9-13)16(20)21/h6-7,9,12H,3-5,8,10H2,1-2H3,(H,17,19)(H,20,21). The number of aryl methyl sites for hydroxylation is 1. The second-order valence-corrected chi connectivity index (χ2v) is 8.18. The summed E-state index contributed by atoms with van der Waals surface area (Å²) in [5, 5.41) is 11.8. The topological polar surface area (TPSA) is 104 Å². The van der Waals surface area contributed by atoms with Crippen molar-refractivity contribution in [1.82, 2.24) is 4.31 Å². The fourth-order valence-electron chi connectivity index (χ4n) is 2.77. The number of hydrogen-bond donors (Lipinski definition) is 2. The van der Waals surface area contributed by atoms with Gasteiger partial charge in [-0.2, -0.15) is 0 Å². The van der Waals surface area contributed by atoms with Gasteiger partial charge in [0, 0.05) is 18.8 Å². The number of piperidine rings is 1. The van der Waals surface area contributed by atoms with Crippen LogP contribution < -0.4 is 5.32 Å². The van der Waals surface area contributed by atoms with Crippen LogP contribution in [0.15, 0.2) is 18.2 Å². The van der Waals surface area contributed by atoms with Crippen LogP contribution >= 0.6 is 0 Å². The van der Waals surface area contributed by atoms with E-state index in [1.54, 1.807) is 26.0 Å². The van der Waals surface area contributed by atoms with Crippen LogP contribution in [0.25, 0.3) is 0 Å². The van der Waals surface area contributed by atoms with Crippen molar-refractivity contribution in [2.24, 2.45) is 5.92 Å². The Morgan fingerprint density at radius 3 is 2.71 bits per heavy atom. The number of carbonyl (C=O) groups excluding carboxylic acids is 1. The van der Waals surface area contributed by atoms with E-state index in [1.165, 1.54) is 10.4 Å². The number of carbonyl (C=O) groups is 2. The van der Waals surface area contributed by atoms with Gasteiger partial charge in [0.05, 0.1) is 17.2 Å². The van der Waals surface area contributed by atoms with Gasteiger partial charge >= 0.3 is 5.97 Å². The fourth-order valence-corrected chi connectivity index (χ4v) is 3.95. The van der Waals surface area contributed by atoms with Crippen LogP contribution in [0, 0.1) is 12.8 Å². The highest BCUT2D eigenvalue weighted by Gasteiger charge is 2.31. The number of nitrogens with zero attached hydrogens (tertiary/aromatic N) is 1. The van der Waals surface area contributed by atoms with Crippen molar-refractivity contribution in [2.75, 3.05) is 24.2 Å². The maximum atomic E-state index is 12.4. The maximum Gasteiger partial charge on any atom is 0.336 e. The Kier molecular flexibility index (Phi) is 5.61. The first kappa shape index (κ1) is 18.4. The number of sulfonamides is 1. The average Bonchev–Trinajstić information content (AvgIpc) is 2.56. The Labute approximate surface area is 141 Å². The van der Waals surface area contributed by atoms with E-state index in [1.807, 2.05) is 0 Å². The molecule has 1 amide bonds. The molecule has 24 heavy (non-hydrogen) atoms. The van der Waals surface area contributed by atoms with Gasteiger partial charge in [-0.3, -0.25) is 4.79 Å². The van der Waals surface area contributed by atoms with E-state index in [2.05, 4.69) is 5.32 Å². The van der Waals surface area contributed by atoms with Crippen LogP contribution in [-0.2, 0) is 14.8 Å². The molecule has 1 aromatic rings. The molecule has 0 aliphatic carbocycles. The number of carboxylic acids is 1. The lowest BCUT2D eigenvalue weighted by molar-refractivity contribution is -0.120. The summed E-state index contributed by atoms with van der Waals surface area (Å²) < 4.78 is 25.3. The first-order chi connectivity index (χ1) is 11.2. The number of rotatable bonds is 5. The molecule has 0 aromatic heterocycles. The van der Waals surface area contributed by atoms with Gasteiger partial charge in [-0.1, -0.05) is 6.07 Å². The second-order valence-electron chi connectivity index (χ2n) is 5.92. The number of benzene rings is 1. The zero-order chi connectivity index (χ0) is 17.9. The summed E-state index contributed by atoms with van der Waals surface area (Å²) in [7, 11) is -3.31. The Balaban J connectivity index is 2.10. The molecule has 0 spiro atoms. The summed E-state index contributed by atoms with van der Waals surface area (Å²) in [6.07, 6.45) is 1.24. The van der Waals surface area contributed by atoms with Crippen LogP contribution in [-0.4, -0.2) is 48.5 Å². The number of carboxylic acid groups (broad SMARTS) is 1. The van der Waals surface area contributed by atoms with Crippen LogP contribution in [0.5, 0.6) is 0 Å². The molecule has 1 atom stereocenters. The SMILES string of the molecule is CCS(=O)(=O)N1CCCC(C(=O)Nc2ccc(C)c(C(=O)O)c2)C1. The summed E-state index contributed by atoms with van der Waals surface area (Å²) >= 11 is 0. The minimum absolute atomic E-state index is 0.0152. The van der Waals surface area contributed by atoms with Crippen molar-refractivity contribution in [3.05, 3.63) is 29.3 Å². The minimum atomic E-state index is -3.31. The van der Waals surface area contributed by atoms with E-state index < -0.39 is 21.9 Å². The molecule has 2 rings (SSSR count). The van der Waals surface area contributed by atoms with Crippen LogP contribution in [0.1, 0.15) is 35.7 Å². The molecule has 1 heterocycles. The number of aromatic carboxylic acids is 1. The number of amides is 1. The molecular weight excluding hydrogens is 332 g/mol. The summed E-state index contributed by atoms with van der Waals surface area (Å²) in [6, 6.07) is 4.69. The molecule has 1 aromatic carbocycles. The van der Waals surface area contributed by atoms with Crippen LogP contribution in [0.2, 0.25) is 0 Å². The van der Waals surface area contributed by atoms with Crippen molar-refractivity contribution in [3.63, 3.8) is 0 Å². The molecule has 0 bridgehead atoms. The van der Waals surface area contributed by atoms with E-state index in [0.29, 0.717) is 30.6 Å². The predicted octanol–water partition coefficient (Wildman–Crippen LogP) is 1.69. The number of nitrogens with one attached hydrogen (secondary N) is 1. The maximum absolute atomic E-state index is 12.4. The third-order valence-electron chi connectivity index (χ3n) is 4.25. The first-order valence-corrected chi connectivity index (χ1v) is 9.48. The lowest BCUT2D eigenvalue weighted by Gasteiger charge is -2.30. The van der Waals surface area contributed by atoms with Gasteiger partial charge < -0.3 is 10.4 Å². The van der Waals surface area contributed by atoms with Crippen molar-refractivity contribution in [3.8, 4) is 0 Å². The fraction of sp³-hybridized carbons (Fsp3) is 0.500. The van der Waals surface area contributed by atoms with Crippen molar-refractivity contribution < 1.29 is 23.1 Å². The Bertz CT molecular complexity index is 745. The molecule has 2 N–H and O–H groups in total. The van der Waals surface area contributed by atoms with Crippen molar-refractivity contribution in [1.29, 1.82) is 0 Å². The highest BCUT2D eigenvalue weighted by molar-refractivity contribution is 7.89. The number of hydrogen-bond acceptors (Lipinski definition) is 4. The molecule has 1 aliphatic rings. The first-order valence-electron chi connectivity index (χ1n) is 7.87. The minimum Gasteiger partial charge on any atom is -0.478 e. The molecule has 1 unspecified atom stereocenters. The molecule has 8 heteroatoms. The lowest BCUT2D eigenvalue weighted by Crippen LogP contribution is -2.44. The van der Waals surface area contributed by atoms with Gasteiger partial charge in [-0.25, -0.2) is 17.5 Å². The van der Waals surface area contributed by atoms with Gasteiger partial charge in [-0.05, 0) is 44.4 Å². The van der Waals surface area contributed by atoms with E-state index in [0.717, 1.165) is 0 Å². The summed E-state index contributed by atoms with van der Waals surface area (Å²) in [6.45, 7) is 3.87. The molecule has 0 radical (unpaired) electrons. The van der Waals surface area contributed by atoms with Crippen LogP contribution in [0.4, 0.5) is 5.69 Å². The molecule has 1 aliphatic heterocycles. The summed E-state index contributed by atoms with van der Waals surface area (Å²) in [4.78, 5) is 23.6. The zero-order valence-electron chi connectivity index (χ0n) is 13.8. The van der Waals surface area contributed by atoms with Gasteiger partial charge in [0.15, 0.2) is 0 Å². The van der Waals surface area contributed by atoms with Gasteiger partial charge in [0.25, 0.3) is 0 Å². The highest BCUT2D eigenvalue weighted by Crippen LogP contribution is 2.22. The third-order valence-corrected chi connectivity index (χ3v) is 6.10. The average molecular weight is 354 g/mol. The molecular formula is C16H22N2O5S. The van der Waals surface area contributed by atoms with Crippen molar-refractivity contribution >= 4 is 27.6 Å². The Morgan fingerprint density at radius 2 is 2.08 bits per heavy atom. The van der Waals surface area contributed by atoms with Crippen molar-refractivity contribution in [2.45, 2.75) is 26.7 Å². The van der Waals surface area contributed by atoms with E-state index in [4.69, 9.17) is 5.11 Å². The summed E-state index contributed by atoms with van der Waals surface area (Å²) in [5.74, 6) is -1.76. The molecule has 132 valence electrons. The molecule has 7 nitrogen and oxygen atoms in total. The Hall–Kier alpha value is -1.93. The second kappa shape index (κ2) is 7.31. The molecule has 0 saturated carbocycles. The smallest absolute Gasteiger partial charge is 0.336 e. The predicted molar refractivity (Wildman–Crippen MR) is 90.5 cm³/mol. The summed E-state index contributed by atoms with van der Waals surface area (Å²) in [5.41, 5.74) is 1.14. The highest BCUT2D eigenvalue weighted by atomic mass is 32.2. The van der Waals surface area contributed by atoms with Crippen LogP contribution in [0.3, 0.4) is 0 Å².